The zero-order valence-corrected chi connectivity index (χ0v) is 17.8. The second-order valence-electron chi connectivity index (χ2n) is 7.03. The van der Waals surface area contributed by atoms with E-state index in [1.54, 1.807) is 24.3 Å². The number of alkyl halides is 3. The van der Waals surface area contributed by atoms with Gasteiger partial charge in [-0.05, 0) is 42.0 Å². The molecule has 32 heavy (non-hydrogen) atoms. The minimum absolute atomic E-state index is 0.0243. The lowest BCUT2D eigenvalue weighted by atomic mass is 10.0. The zero-order chi connectivity index (χ0) is 23.3. The van der Waals surface area contributed by atoms with Gasteiger partial charge in [0.15, 0.2) is 0 Å². The van der Waals surface area contributed by atoms with Crippen molar-refractivity contribution in [1.29, 1.82) is 5.41 Å². The number of aliphatic imine (C=N–C) groups is 1. The highest BCUT2D eigenvalue weighted by atomic mass is 35.5. The van der Waals surface area contributed by atoms with Crippen molar-refractivity contribution in [3.05, 3.63) is 88.7 Å². The fourth-order valence-electron chi connectivity index (χ4n) is 2.93. The van der Waals surface area contributed by atoms with Crippen LogP contribution < -0.4 is 5.32 Å². The highest BCUT2D eigenvalue weighted by Crippen LogP contribution is 2.27. The number of hydrogen-bond acceptors (Lipinski definition) is 3. The van der Waals surface area contributed by atoms with Crippen molar-refractivity contribution in [1.82, 2.24) is 9.88 Å². The van der Waals surface area contributed by atoms with E-state index < -0.39 is 18.3 Å². The van der Waals surface area contributed by atoms with E-state index in [0.29, 0.717) is 23.4 Å². The van der Waals surface area contributed by atoms with Gasteiger partial charge in [-0.15, -0.1) is 0 Å². The highest BCUT2D eigenvalue weighted by Gasteiger charge is 2.35. The minimum Gasteiger partial charge on any atom is -0.353 e. The van der Waals surface area contributed by atoms with E-state index in [1.807, 2.05) is 29.9 Å². The molecule has 9 heteroatoms. The minimum atomic E-state index is -4.77. The molecule has 2 N–H and O–H groups in total. The number of amides is 1. The Kier molecular flexibility index (Phi) is 7.15. The Hall–Kier alpha value is -3.39. The SMILES string of the molecule is Cn1cccc1CNC(=O)c1ccc(C(CC(=N)C(F)(F)F)=Nc2ccccc2Cl)cc1. The predicted molar refractivity (Wildman–Crippen MR) is 119 cm³/mol. The van der Waals surface area contributed by atoms with Crippen LogP contribution in [0.2, 0.25) is 5.02 Å². The number of carbonyl (C=O) groups is 1. The molecule has 0 bridgehead atoms. The number of nitrogens with zero attached hydrogens (tertiary/aromatic N) is 2. The number of aryl methyl sites for hydroxylation is 1. The highest BCUT2D eigenvalue weighted by molar-refractivity contribution is 6.33. The molecule has 0 unspecified atom stereocenters. The maximum Gasteiger partial charge on any atom is 0.429 e. The van der Waals surface area contributed by atoms with Crippen molar-refractivity contribution in [2.24, 2.45) is 12.0 Å². The Balaban J connectivity index is 1.83. The first kappa shape index (κ1) is 23.3. The number of halogens is 4. The van der Waals surface area contributed by atoms with Crippen LogP contribution in [0.25, 0.3) is 0 Å². The molecule has 0 radical (unpaired) electrons. The topological polar surface area (TPSA) is 70.2 Å². The standard InChI is InChI=1S/C23H20ClF3N4O/c1-31-12-4-5-17(31)14-29-22(32)16-10-8-15(9-11-16)20(13-21(28)23(25,26)27)30-19-7-3-2-6-18(19)24/h2-12,28H,13-14H2,1H3,(H,29,32). The van der Waals surface area contributed by atoms with Gasteiger partial charge in [-0.2, -0.15) is 13.2 Å². The van der Waals surface area contributed by atoms with E-state index in [1.165, 1.54) is 24.3 Å². The lowest BCUT2D eigenvalue weighted by Crippen LogP contribution is -2.25. The summed E-state index contributed by atoms with van der Waals surface area (Å²) in [6.07, 6.45) is -3.62. The Labute approximate surface area is 188 Å². The Morgan fingerprint density at radius 1 is 1.06 bits per heavy atom. The summed E-state index contributed by atoms with van der Waals surface area (Å²) in [5.41, 5.74) is 0.533. The average molecular weight is 461 g/mol. The summed E-state index contributed by atoms with van der Waals surface area (Å²) >= 11 is 6.10. The van der Waals surface area contributed by atoms with Gasteiger partial charge in [-0.25, -0.2) is 0 Å². The lowest BCUT2D eigenvalue weighted by molar-refractivity contribution is -0.0605. The second-order valence-corrected chi connectivity index (χ2v) is 7.44. The molecule has 0 aliphatic rings. The summed E-state index contributed by atoms with van der Waals surface area (Å²) in [6, 6.07) is 16.3. The summed E-state index contributed by atoms with van der Waals surface area (Å²) in [4.78, 5) is 16.7. The maximum atomic E-state index is 13.0. The van der Waals surface area contributed by atoms with Crippen LogP contribution in [0.5, 0.6) is 0 Å². The summed E-state index contributed by atoms with van der Waals surface area (Å²) in [6.45, 7) is 0.339. The molecule has 0 fully saturated rings. The number of benzene rings is 2. The maximum absolute atomic E-state index is 13.0. The van der Waals surface area contributed by atoms with Gasteiger partial charge in [0.2, 0.25) is 0 Å². The van der Waals surface area contributed by atoms with Crippen molar-refractivity contribution in [2.75, 3.05) is 0 Å². The molecule has 0 aliphatic carbocycles. The molecular formula is C23H20ClF3N4O. The van der Waals surface area contributed by atoms with Crippen molar-refractivity contribution in [3.8, 4) is 0 Å². The number of carbonyl (C=O) groups excluding carboxylic acids is 1. The van der Waals surface area contributed by atoms with Gasteiger partial charge < -0.3 is 15.3 Å². The van der Waals surface area contributed by atoms with Crippen LogP contribution in [-0.2, 0) is 13.6 Å². The van der Waals surface area contributed by atoms with Crippen molar-refractivity contribution in [3.63, 3.8) is 0 Å². The smallest absolute Gasteiger partial charge is 0.353 e. The van der Waals surface area contributed by atoms with Crippen molar-refractivity contribution < 1.29 is 18.0 Å². The molecule has 3 aromatic rings. The summed E-state index contributed by atoms with van der Waals surface area (Å²) in [5.74, 6) is -0.314. The van der Waals surface area contributed by atoms with Gasteiger partial charge in [0, 0.05) is 30.9 Å². The lowest BCUT2D eigenvalue weighted by Gasteiger charge is -2.12. The van der Waals surface area contributed by atoms with Crippen LogP contribution >= 0.6 is 11.6 Å². The summed E-state index contributed by atoms with van der Waals surface area (Å²) in [7, 11) is 1.87. The molecule has 0 saturated carbocycles. The molecular weight excluding hydrogens is 441 g/mol. The van der Waals surface area contributed by atoms with Crippen LogP contribution in [0.4, 0.5) is 18.9 Å². The number of nitrogens with one attached hydrogen (secondary N) is 2. The first-order valence-corrected chi connectivity index (χ1v) is 9.98. The largest absolute Gasteiger partial charge is 0.429 e. The third kappa shape index (κ3) is 5.85. The Morgan fingerprint density at radius 2 is 1.72 bits per heavy atom. The second kappa shape index (κ2) is 9.82. The van der Waals surface area contributed by atoms with Crippen LogP contribution in [0, 0.1) is 5.41 Å². The predicted octanol–water partition coefficient (Wildman–Crippen LogP) is 5.70. The number of hydrogen-bond donors (Lipinski definition) is 2. The number of rotatable bonds is 7. The van der Waals surface area contributed by atoms with E-state index in [2.05, 4.69) is 10.3 Å². The quantitative estimate of drug-likeness (QED) is 0.436. The van der Waals surface area contributed by atoms with Crippen LogP contribution in [0.1, 0.15) is 28.0 Å². The van der Waals surface area contributed by atoms with Crippen molar-refractivity contribution >= 4 is 34.6 Å². The van der Waals surface area contributed by atoms with Gasteiger partial charge in [0.1, 0.15) is 5.71 Å². The molecule has 0 spiro atoms. The van der Waals surface area contributed by atoms with Crippen LogP contribution in [0.15, 0.2) is 71.9 Å². The normalized spacial score (nSPS) is 12.0. The monoisotopic (exact) mass is 460 g/mol. The number of aromatic nitrogens is 1. The Bertz CT molecular complexity index is 1150. The molecule has 5 nitrogen and oxygen atoms in total. The van der Waals surface area contributed by atoms with E-state index in [0.717, 1.165) is 5.69 Å². The molecule has 0 aliphatic heterocycles. The van der Waals surface area contributed by atoms with Gasteiger partial charge in [-0.1, -0.05) is 35.9 Å². The molecule has 1 aromatic heterocycles. The first-order valence-electron chi connectivity index (χ1n) is 9.60. The molecule has 166 valence electrons. The summed E-state index contributed by atoms with van der Waals surface area (Å²) < 4.78 is 40.8. The summed E-state index contributed by atoms with van der Waals surface area (Å²) in [5, 5.41) is 10.5. The molecule has 2 aromatic carbocycles. The van der Waals surface area contributed by atoms with Gasteiger partial charge in [0.05, 0.1) is 23.0 Å². The van der Waals surface area contributed by atoms with E-state index in [9.17, 15) is 18.0 Å². The van der Waals surface area contributed by atoms with Gasteiger partial charge in [-0.3, -0.25) is 9.79 Å². The van der Waals surface area contributed by atoms with Crippen LogP contribution in [-0.4, -0.2) is 28.1 Å². The fraction of sp³-hybridized carbons (Fsp3) is 0.174. The third-order valence-electron chi connectivity index (χ3n) is 4.76. The number of para-hydroxylation sites is 1. The zero-order valence-electron chi connectivity index (χ0n) is 17.1. The van der Waals surface area contributed by atoms with E-state index in [-0.39, 0.29) is 16.6 Å². The van der Waals surface area contributed by atoms with E-state index in [4.69, 9.17) is 17.0 Å². The molecule has 3 rings (SSSR count). The first-order chi connectivity index (χ1) is 15.1. The van der Waals surface area contributed by atoms with E-state index >= 15 is 0 Å². The Morgan fingerprint density at radius 3 is 2.31 bits per heavy atom. The van der Waals surface area contributed by atoms with Crippen molar-refractivity contribution in [2.45, 2.75) is 19.1 Å². The third-order valence-corrected chi connectivity index (χ3v) is 5.08. The molecule has 1 amide bonds. The fourth-order valence-corrected chi connectivity index (χ4v) is 3.11. The molecule has 1 heterocycles. The average Bonchev–Trinajstić information content (AvgIpc) is 3.17. The van der Waals surface area contributed by atoms with Gasteiger partial charge >= 0.3 is 6.18 Å². The van der Waals surface area contributed by atoms with Gasteiger partial charge in [0.25, 0.3) is 5.91 Å². The molecule has 0 atom stereocenters. The van der Waals surface area contributed by atoms with Crippen LogP contribution in [0.3, 0.4) is 0 Å². The molecule has 0 saturated heterocycles.